The normalized spacial score (nSPS) is 11.0. The lowest BCUT2D eigenvalue weighted by Gasteiger charge is -2.10. The average molecular weight is 326 g/mol. The average Bonchev–Trinajstić information content (AvgIpc) is 2.94. The van der Waals surface area contributed by atoms with Gasteiger partial charge in [0.2, 0.25) is 5.91 Å². The molecule has 0 aliphatic carbocycles. The van der Waals surface area contributed by atoms with Crippen LogP contribution < -0.4 is 16.6 Å². The highest BCUT2D eigenvalue weighted by molar-refractivity contribution is 5.91. The van der Waals surface area contributed by atoms with Gasteiger partial charge in [0, 0.05) is 26.0 Å². The first-order valence-corrected chi connectivity index (χ1v) is 7.50. The van der Waals surface area contributed by atoms with Gasteiger partial charge in [-0.05, 0) is 30.7 Å². The van der Waals surface area contributed by atoms with Gasteiger partial charge in [0.25, 0.3) is 5.56 Å². The summed E-state index contributed by atoms with van der Waals surface area (Å²) >= 11 is 0. The number of amides is 1. The van der Waals surface area contributed by atoms with Crippen LogP contribution in [0.3, 0.4) is 0 Å². The molecule has 0 fully saturated rings. The second-order valence-corrected chi connectivity index (χ2v) is 5.80. The molecule has 1 aromatic carbocycles. The predicted octanol–water partition coefficient (Wildman–Crippen LogP) is 0.986. The van der Waals surface area contributed by atoms with Gasteiger partial charge in [-0.25, -0.2) is 4.79 Å². The predicted molar refractivity (Wildman–Crippen MR) is 92.2 cm³/mol. The maximum atomic E-state index is 12.3. The number of nitrogens with zero attached hydrogens (tertiary/aromatic N) is 3. The zero-order chi connectivity index (χ0) is 17.4. The number of aryl methyl sites for hydroxylation is 2. The van der Waals surface area contributed by atoms with Crippen molar-refractivity contribution in [3.63, 3.8) is 0 Å². The van der Waals surface area contributed by atoms with E-state index >= 15 is 0 Å². The van der Waals surface area contributed by atoms with E-state index in [0.29, 0.717) is 16.7 Å². The number of fused-ring (bicyclic) bond motifs is 1. The van der Waals surface area contributed by atoms with Crippen molar-refractivity contribution in [3.8, 4) is 0 Å². The van der Waals surface area contributed by atoms with E-state index < -0.39 is 5.69 Å². The Kier molecular flexibility index (Phi) is 3.84. The minimum atomic E-state index is -0.424. The van der Waals surface area contributed by atoms with Gasteiger partial charge >= 0.3 is 5.69 Å². The van der Waals surface area contributed by atoms with Crippen molar-refractivity contribution in [1.29, 1.82) is 0 Å². The zero-order valence-corrected chi connectivity index (χ0v) is 13.7. The molecule has 1 amide bonds. The van der Waals surface area contributed by atoms with Crippen molar-refractivity contribution < 1.29 is 4.79 Å². The molecule has 7 nitrogen and oxygen atoms in total. The number of hydrogen-bond donors (Lipinski definition) is 1. The van der Waals surface area contributed by atoms with E-state index in [1.807, 2.05) is 31.2 Å². The monoisotopic (exact) mass is 326 g/mol. The lowest BCUT2D eigenvalue weighted by molar-refractivity contribution is -0.116. The minimum Gasteiger partial charge on any atom is -0.325 e. The molecule has 0 radical (unpaired) electrons. The number of carbonyl (C=O) groups is 1. The van der Waals surface area contributed by atoms with Crippen molar-refractivity contribution in [2.45, 2.75) is 13.5 Å². The molecule has 0 aliphatic rings. The first-order chi connectivity index (χ1) is 11.4. The molecule has 124 valence electrons. The fraction of sp³-hybridized carbons (Fsp3) is 0.235. The van der Waals surface area contributed by atoms with Gasteiger partial charge in [0.05, 0.1) is 5.39 Å². The molecule has 24 heavy (non-hydrogen) atoms. The molecular weight excluding hydrogens is 308 g/mol. The summed E-state index contributed by atoms with van der Waals surface area (Å²) in [4.78, 5) is 36.5. The van der Waals surface area contributed by atoms with Gasteiger partial charge in [-0.2, -0.15) is 0 Å². The van der Waals surface area contributed by atoms with Crippen molar-refractivity contribution in [2.75, 3.05) is 5.32 Å². The molecule has 0 spiro atoms. The van der Waals surface area contributed by atoms with Crippen molar-refractivity contribution >= 4 is 22.6 Å². The number of benzene rings is 1. The minimum absolute atomic E-state index is 0.0118. The molecule has 0 bridgehead atoms. The maximum absolute atomic E-state index is 12.3. The molecule has 0 atom stereocenters. The van der Waals surface area contributed by atoms with Gasteiger partial charge in [0.15, 0.2) is 0 Å². The van der Waals surface area contributed by atoms with Gasteiger partial charge < -0.3 is 9.88 Å². The smallest absolute Gasteiger partial charge is 0.325 e. The highest BCUT2D eigenvalue weighted by Crippen LogP contribution is 2.12. The van der Waals surface area contributed by atoms with Crippen LogP contribution in [0.25, 0.3) is 11.0 Å². The summed E-state index contributed by atoms with van der Waals surface area (Å²) < 4.78 is 4.03. The number of nitrogens with one attached hydrogen (secondary N) is 1. The third kappa shape index (κ3) is 2.64. The Labute approximate surface area is 137 Å². The Morgan fingerprint density at radius 2 is 1.88 bits per heavy atom. The van der Waals surface area contributed by atoms with Crippen LogP contribution in [-0.4, -0.2) is 19.6 Å². The van der Waals surface area contributed by atoms with Crippen molar-refractivity contribution in [2.24, 2.45) is 14.1 Å². The molecule has 3 rings (SSSR count). The Balaban J connectivity index is 1.95. The summed E-state index contributed by atoms with van der Waals surface area (Å²) in [6.45, 7) is 1.96. The molecular formula is C17H18N4O3. The van der Waals surface area contributed by atoms with Gasteiger partial charge in [0.1, 0.15) is 12.2 Å². The summed E-state index contributed by atoms with van der Waals surface area (Å²) in [5.74, 6) is -0.230. The summed E-state index contributed by atoms with van der Waals surface area (Å²) in [5, 5.41) is 3.22. The van der Waals surface area contributed by atoms with E-state index in [1.165, 1.54) is 11.6 Å². The summed E-state index contributed by atoms with van der Waals surface area (Å²) in [5.41, 5.74) is 1.39. The molecule has 7 heteroatoms. The zero-order valence-electron chi connectivity index (χ0n) is 13.7. The SMILES string of the molecule is Cc1cccc(NC(=O)Cn2ccc3c(=O)n(C)c(=O)n(C)c32)c1. The van der Waals surface area contributed by atoms with Crippen LogP contribution in [0.4, 0.5) is 5.69 Å². The van der Waals surface area contributed by atoms with E-state index in [2.05, 4.69) is 5.32 Å². The lowest BCUT2D eigenvalue weighted by atomic mass is 10.2. The number of carbonyl (C=O) groups excluding carboxylic acids is 1. The Bertz CT molecular complexity index is 1060. The number of rotatable bonds is 3. The van der Waals surface area contributed by atoms with Crippen molar-refractivity contribution in [1.82, 2.24) is 13.7 Å². The molecule has 0 unspecified atom stereocenters. The van der Waals surface area contributed by atoms with Crippen molar-refractivity contribution in [3.05, 3.63) is 62.9 Å². The second-order valence-electron chi connectivity index (χ2n) is 5.80. The molecule has 2 aromatic heterocycles. The number of aromatic nitrogens is 3. The van der Waals surface area contributed by atoms with Gasteiger partial charge in [-0.15, -0.1) is 0 Å². The molecule has 0 saturated heterocycles. The second kappa shape index (κ2) is 5.84. The molecule has 1 N–H and O–H groups in total. The van der Waals surface area contributed by atoms with E-state index in [1.54, 1.807) is 23.9 Å². The van der Waals surface area contributed by atoms with Gasteiger partial charge in [-0.3, -0.25) is 18.7 Å². The van der Waals surface area contributed by atoms with E-state index in [4.69, 9.17) is 0 Å². The fourth-order valence-corrected chi connectivity index (χ4v) is 2.79. The van der Waals surface area contributed by atoms with Crippen LogP contribution in [-0.2, 0) is 25.4 Å². The van der Waals surface area contributed by atoms with Crippen LogP contribution in [0.1, 0.15) is 5.56 Å². The Hall–Kier alpha value is -3.09. The van der Waals surface area contributed by atoms with E-state index in [9.17, 15) is 14.4 Å². The standard InChI is InChI=1S/C17H18N4O3/c1-11-5-4-6-12(9-11)18-14(22)10-21-8-7-13-15(21)19(2)17(24)20(3)16(13)23/h4-9H,10H2,1-3H3,(H,18,22). The number of hydrogen-bond acceptors (Lipinski definition) is 3. The molecule has 0 saturated carbocycles. The largest absolute Gasteiger partial charge is 0.332 e. The Morgan fingerprint density at radius 1 is 1.12 bits per heavy atom. The molecule has 2 heterocycles. The van der Waals surface area contributed by atoms with Crippen LogP contribution >= 0.6 is 0 Å². The number of anilines is 1. The summed E-state index contributed by atoms with van der Waals surface area (Å²) in [6.07, 6.45) is 1.64. The lowest BCUT2D eigenvalue weighted by Crippen LogP contribution is -2.37. The maximum Gasteiger partial charge on any atom is 0.332 e. The van der Waals surface area contributed by atoms with Gasteiger partial charge in [-0.1, -0.05) is 12.1 Å². The summed E-state index contributed by atoms with van der Waals surface area (Å²) in [6, 6.07) is 9.11. The Morgan fingerprint density at radius 3 is 2.58 bits per heavy atom. The highest BCUT2D eigenvalue weighted by atomic mass is 16.2. The molecule has 3 aromatic rings. The molecule has 0 aliphatic heterocycles. The first kappa shape index (κ1) is 15.8. The third-order valence-corrected chi connectivity index (χ3v) is 3.98. The van der Waals surface area contributed by atoms with E-state index in [0.717, 1.165) is 10.1 Å². The van der Waals surface area contributed by atoms with Crippen LogP contribution in [0, 0.1) is 6.92 Å². The van der Waals surface area contributed by atoms with Crippen LogP contribution in [0.15, 0.2) is 46.1 Å². The highest BCUT2D eigenvalue weighted by Gasteiger charge is 2.14. The van der Waals surface area contributed by atoms with Crippen LogP contribution in [0.5, 0.6) is 0 Å². The first-order valence-electron chi connectivity index (χ1n) is 7.50. The third-order valence-electron chi connectivity index (χ3n) is 3.98. The van der Waals surface area contributed by atoms with Crippen LogP contribution in [0.2, 0.25) is 0 Å². The topological polar surface area (TPSA) is 78.0 Å². The van der Waals surface area contributed by atoms with E-state index in [-0.39, 0.29) is 18.0 Å². The summed E-state index contributed by atoms with van der Waals surface area (Å²) in [7, 11) is 3.02. The fourth-order valence-electron chi connectivity index (χ4n) is 2.79. The quantitative estimate of drug-likeness (QED) is 0.779.